The van der Waals surface area contributed by atoms with Gasteiger partial charge in [-0.25, -0.2) is 4.79 Å². The van der Waals surface area contributed by atoms with Crippen molar-refractivity contribution in [1.29, 1.82) is 0 Å². The lowest BCUT2D eigenvalue weighted by molar-refractivity contribution is -0.137. The maximum Gasteiger partial charge on any atom is 0.338 e. The zero-order chi connectivity index (χ0) is 19.0. The zero-order valence-corrected chi connectivity index (χ0v) is 15.4. The molecule has 1 unspecified atom stereocenters. The second kappa shape index (κ2) is 7.32. The van der Waals surface area contributed by atoms with Crippen LogP contribution < -0.4 is 0 Å². The number of amides is 2. The molecule has 0 spiro atoms. The topological polar surface area (TPSA) is 95.7 Å². The summed E-state index contributed by atoms with van der Waals surface area (Å²) < 4.78 is 1.70. The molecule has 0 bridgehead atoms. The first-order chi connectivity index (χ1) is 13.0. The first-order valence-electron chi connectivity index (χ1n) is 9.88. The number of nitrogens with zero attached hydrogens (tertiary/aromatic N) is 4. The molecule has 1 atom stereocenters. The maximum atomic E-state index is 12.9. The smallest absolute Gasteiger partial charge is 0.338 e. The maximum absolute atomic E-state index is 12.9. The van der Waals surface area contributed by atoms with E-state index in [2.05, 4.69) is 5.10 Å². The molecule has 8 heteroatoms. The highest BCUT2D eigenvalue weighted by Gasteiger charge is 2.40. The van der Waals surface area contributed by atoms with Crippen molar-refractivity contribution in [2.45, 2.75) is 57.0 Å². The molecule has 0 aromatic carbocycles. The Morgan fingerprint density at radius 3 is 2.41 bits per heavy atom. The van der Waals surface area contributed by atoms with Gasteiger partial charge in [-0.15, -0.1) is 0 Å². The Balaban J connectivity index is 1.32. The number of rotatable bonds is 4. The lowest BCUT2D eigenvalue weighted by atomic mass is 10.0. The molecule has 4 rings (SSSR count). The minimum atomic E-state index is -0.980. The molecule has 27 heavy (non-hydrogen) atoms. The summed E-state index contributed by atoms with van der Waals surface area (Å²) in [5.74, 6) is -0.966. The number of carbonyl (C=O) groups is 3. The second-order valence-corrected chi connectivity index (χ2v) is 7.96. The molecule has 3 fully saturated rings. The minimum Gasteiger partial charge on any atom is -0.478 e. The number of likely N-dealkylation sites (tertiary alicyclic amines) is 2. The Morgan fingerprint density at radius 1 is 1.07 bits per heavy atom. The quantitative estimate of drug-likeness (QED) is 0.862. The van der Waals surface area contributed by atoms with Gasteiger partial charge in [-0.1, -0.05) is 12.8 Å². The van der Waals surface area contributed by atoms with Gasteiger partial charge < -0.3 is 14.9 Å². The summed E-state index contributed by atoms with van der Waals surface area (Å²) in [4.78, 5) is 40.0. The van der Waals surface area contributed by atoms with Crippen LogP contribution in [0, 0.1) is 5.92 Å². The molecular formula is C19H26N4O4. The average molecular weight is 374 g/mol. The van der Waals surface area contributed by atoms with Crippen molar-refractivity contribution in [3.05, 3.63) is 18.0 Å². The van der Waals surface area contributed by atoms with Crippen molar-refractivity contribution < 1.29 is 19.5 Å². The summed E-state index contributed by atoms with van der Waals surface area (Å²) in [6.07, 6.45) is 9.26. The van der Waals surface area contributed by atoms with Gasteiger partial charge in [0.2, 0.25) is 11.8 Å². The Kier molecular flexibility index (Phi) is 4.88. The fourth-order valence-corrected chi connectivity index (χ4v) is 4.72. The lowest BCUT2D eigenvalue weighted by Gasteiger charge is -2.33. The molecule has 1 aromatic heterocycles. The molecule has 2 saturated heterocycles. The van der Waals surface area contributed by atoms with Gasteiger partial charge >= 0.3 is 5.97 Å². The van der Waals surface area contributed by atoms with Gasteiger partial charge in [-0.2, -0.15) is 5.10 Å². The highest BCUT2D eigenvalue weighted by atomic mass is 16.4. The van der Waals surface area contributed by atoms with Crippen LogP contribution in [-0.2, 0) is 9.59 Å². The standard InChI is InChI=1S/C19H26N4O4/c24-17-9-13(11-22(17)15-3-1-2-4-15)18(25)21-7-5-16(6-8-21)23-12-14(10-20-23)19(26)27/h10,12-13,15-16H,1-9,11H2,(H,26,27). The fourth-order valence-electron chi connectivity index (χ4n) is 4.72. The number of hydrogen-bond donors (Lipinski definition) is 1. The summed E-state index contributed by atoms with van der Waals surface area (Å²) in [7, 11) is 0. The highest BCUT2D eigenvalue weighted by Crippen LogP contribution is 2.31. The van der Waals surface area contributed by atoms with Gasteiger partial charge in [0.1, 0.15) is 0 Å². The van der Waals surface area contributed by atoms with Gasteiger partial charge in [-0.05, 0) is 25.7 Å². The Bertz CT molecular complexity index is 732. The summed E-state index contributed by atoms with van der Waals surface area (Å²) in [5, 5.41) is 13.2. The number of piperidine rings is 1. The van der Waals surface area contributed by atoms with Crippen LogP contribution >= 0.6 is 0 Å². The van der Waals surface area contributed by atoms with E-state index in [1.54, 1.807) is 10.9 Å². The number of carbonyl (C=O) groups excluding carboxylic acids is 2. The monoisotopic (exact) mass is 374 g/mol. The summed E-state index contributed by atoms with van der Waals surface area (Å²) in [6.45, 7) is 1.82. The lowest BCUT2D eigenvalue weighted by Crippen LogP contribution is -2.43. The third kappa shape index (κ3) is 3.57. The summed E-state index contributed by atoms with van der Waals surface area (Å²) >= 11 is 0. The molecule has 2 aliphatic heterocycles. The molecule has 8 nitrogen and oxygen atoms in total. The number of carboxylic acid groups (broad SMARTS) is 1. The van der Waals surface area contributed by atoms with E-state index in [9.17, 15) is 14.4 Å². The van der Waals surface area contributed by atoms with E-state index in [1.165, 1.54) is 19.0 Å². The number of carboxylic acids is 1. The van der Waals surface area contributed by atoms with E-state index in [0.29, 0.717) is 32.1 Å². The molecule has 1 aromatic rings. The van der Waals surface area contributed by atoms with Gasteiger partial charge in [0.15, 0.2) is 0 Å². The third-order valence-electron chi connectivity index (χ3n) is 6.27. The number of hydrogen-bond acceptors (Lipinski definition) is 4. The van der Waals surface area contributed by atoms with Crippen LogP contribution in [0.15, 0.2) is 12.4 Å². The van der Waals surface area contributed by atoms with Crippen molar-refractivity contribution in [3.63, 3.8) is 0 Å². The SMILES string of the molecule is O=C(O)c1cnn(C2CCN(C(=O)C3CC(=O)N(C4CCCC4)C3)CC2)c1. The van der Waals surface area contributed by atoms with E-state index in [1.807, 2.05) is 9.80 Å². The van der Waals surface area contributed by atoms with Crippen molar-refractivity contribution in [2.24, 2.45) is 5.92 Å². The van der Waals surface area contributed by atoms with Crippen LogP contribution in [0.5, 0.6) is 0 Å². The van der Waals surface area contributed by atoms with E-state index in [0.717, 1.165) is 25.7 Å². The van der Waals surface area contributed by atoms with E-state index >= 15 is 0 Å². The molecule has 146 valence electrons. The van der Waals surface area contributed by atoms with Crippen molar-refractivity contribution in [1.82, 2.24) is 19.6 Å². The third-order valence-corrected chi connectivity index (χ3v) is 6.27. The number of aromatic nitrogens is 2. The zero-order valence-electron chi connectivity index (χ0n) is 15.4. The van der Waals surface area contributed by atoms with Crippen LogP contribution in [0.25, 0.3) is 0 Å². The normalized spacial score (nSPS) is 24.7. The first-order valence-corrected chi connectivity index (χ1v) is 9.88. The predicted molar refractivity (Wildman–Crippen MR) is 96.1 cm³/mol. The molecule has 1 aliphatic carbocycles. The van der Waals surface area contributed by atoms with Crippen molar-refractivity contribution >= 4 is 17.8 Å². The highest BCUT2D eigenvalue weighted by molar-refractivity contribution is 5.89. The van der Waals surface area contributed by atoms with Crippen LogP contribution in [0.3, 0.4) is 0 Å². The first kappa shape index (κ1) is 18.0. The molecule has 1 N–H and O–H groups in total. The minimum absolute atomic E-state index is 0.0917. The summed E-state index contributed by atoms with van der Waals surface area (Å²) in [6, 6.07) is 0.451. The van der Waals surface area contributed by atoms with Crippen molar-refractivity contribution in [2.75, 3.05) is 19.6 Å². The van der Waals surface area contributed by atoms with Crippen LogP contribution in [-0.4, -0.2) is 68.1 Å². The van der Waals surface area contributed by atoms with Gasteiger partial charge in [0, 0.05) is 38.3 Å². The average Bonchev–Trinajstić information content (AvgIpc) is 3.41. The molecule has 0 radical (unpaired) electrons. The molecular weight excluding hydrogens is 348 g/mol. The van der Waals surface area contributed by atoms with Crippen molar-refractivity contribution in [3.8, 4) is 0 Å². The Morgan fingerprint density at radius 2 is 1.78 bits per heavy atom. The Hall–Kier alpha value is -2.38. The Labute approximate surface area is 158 Å². The van der Waals surface area contributed by atoms with E-state index < -0.39 is 5.97 Å². The number of aromatic carboxylic acids is 1. The van der Waals surface area contributed by atoms with Gasteiger partial charge in [-0.3, -0.25) is 14.3 Å². The fraction of sp³-hybridized carbons (Fsp3) is 0.684. The van der Waals surface area contributed by atoms with E-state index in [4.69, 9.17) is 5.11 Å². The van der Waals surface area contributed by atoms with Gasteiger partial charge in [0.25, 0.3) is 0 Å². The van der Waals surface area contributed by atoms with E-state index in [-0.39, 0.29) is 29.3 Å². The van der Waals surface area contributed by atoms with Crippen LogP contribution in [0.4, 0.5) is 0 Å². The molecule has 2 amide bonds. The van der Waals surface area contributed by atoms with Gasteiger partial charge in [0.05, 0.1) is 23.7 Å². The van der Waals surface area contributed by atoms with Crippen LogP contribution in [0.1, 0.15) is 61.3 Å². The second-order valence-electron chi connectivity index (χ2n) is 7.96. The predicted octanol–water partition coefficient (Wildman–Crippen LogP) is 1.54. The molecule has 3 heterocycles. The van der Waals surface area contributed by atoms with Crippen LogP contribution in [0.2, 0.25) is 0 Å². The molecule has 1 saturated carbocycles. The summed E-state index contributed by atoms with van der Waals surface area (Å²) in [5.41, 5.74) is 0.185. The largest absolute Gasteiger partial charge is 0.478 e. The molecule has 3 aliphatic rings.